The summed E-state index contributed by atoms with van der Waals surface area (Å²) in [6, 6.07) is 23.2. The fourth-order valence-corrected chi connectivity index (χ4v) is 74.5. The van der Waals surface area contributed by atoms with Crippen molar-refractivity contribution in [2.45, 2.75) is 362 Å². The third-order valence-corrected chi connectivity index (χ3v) is 65.0. The van der Waals surface area contributed by atoms with Crippen molar-refractivity contribution in [3.05, 3.63) is 82.9 Å². The van der Waals surface area contributed by atoms with Gasteiger partial charge in [-0.25, -0.2) is 0 Å². The minimum Gasteiger partial charge on any atom is -0.399 e. The van der Waals surface area contributed by atoms with Gasteiger partial charge in [0, 0.05) is 44.0 Å². The van der Waals surface area contributed by atoms with Gasteiger partial charge in [0.15, 0.2) is 0 Å². The van der Waals surface area contributed by atoms with E-state index in [0.29, 0.717) is 0 Å². The minimum absolute atomic E-state index is 0.0182. The predicted molar refractivity (Wildman–Crippen MR) is 403 cm³/mol. The van der Waals surface area contributed by atoms with Crippen LogP contribution in [0.15, 0.2) is 60.7 Å². The molecule has 7 aliphatic heterocycles. The molecule has 17 rings (SSSR count). The van der Waals surface area contributed by atoms with Crippen LogP contribution in [0.1, 0.15) is 313 Å². The molecular formula is C75H121BO14Si8. The fraction of sp³-hybridized carbons (Fsp3) is 0.760. The third-order valence-electron chi connectivity index (χ3n) is 25.8. The molecule has 8 bridgehead atoms. The molecule has 0 atom stereocenters. The molecule has 7 saturated carbocycles. The number of benzene rings is 3. The maximum absolute atomic E-state index is 8.67. The van der Waals surface area contributed by atoms with E-state index in [4.69, 9.17) is 58.7 Å². The molecule has 7 heterocycles. The van der Waals surface area contributed by atoms with Gasteiger partial charge in [0.1, 0.15) is 0 Å². The zero-order valence-corrected chi connectivity index (χ0v) is 70.9. The van der Waals surface area contributed by atoms with Gasteiger partial charge in [-0.15, -0.1) is 0 Å². The average Bonchev–Trinajstić information content (AvgIpc) is 0.949. The lowest BCUT2D eigenvalue weighted by molar-refractivity contribution is -0.0428. The van der Waals surface area contributed by atoms with Crippen LogP contribution < -0.4 is 10.6 Å². The van der Waals surface area contributed by atoms with Crippen molar-refractivity contribution in [2.75, 3.05) is 0 Å². The van der Waals surface area contributed by atoms with E-state index in [1.165, 1.54) is 27.8 Å². The maximum atomic E-state index is 8.67. The van der Waals surface area contributed by atoms with Crippen molar-refractivity contribution < 1.29 is 58.7 Å². The van der Waals surface area contributed by atoms with E-state index < -0.39 is 70.4 Å². The van der Waals surface area contributed by atoms with Crippen LogP contribution in [0, 0.1) is 0 Å². The summed E-state index contributed by atoms with van der Waals surface area (Å²) in [6.07, 6.45) is 28.6. The Balaban J connectivity index is 0.000000290. The van der Waals surface area contributed by atoms with Gasteiger partial charge in [0.25, 0.3) is 0 Å². The lowest BCUT2D eigenvalue weighted by Gasteiger charge is -2.66. The Kier molecular flexibility index (Phi) is 19.1. The lowest BCUT2D eigenvalue weighted by atomic mass is 9.71. The summed E-state index contributed by atoms with van der Waals surface area (Å²) >= 11 is 0. The molecule has 3 aromatic rings. The molecule has 0 radical (unpaired) electrons. The summed E-state index contributed by atoms with van der Waals surface area (Å²) in [4.78, 5) is 0. The zero-order chi connectivity index (χ0) is 69.0. The van der Waals surface area contributed by atoms with E-state index in [2.05, 4.69) is 171 Å². The van der Waals surface area contributed by atoms with E-state index in [-0.39, 0.29) is 78.8 Å². The summed E-state index contributed by atoms with van der Waals surface area (Å²) in [5, 5.41) is 0.895. The smallest absolute Gasteiger partial charge is 0.399 e. The van der Waals surface area contributed by atoms with Crippen molar-refractivity contribution >= 4 is 88.2 Å². The van der Waals surface area contributed by atoms with Crippen LogP contribution in [0.5, 0.6) is 0 Å². The SMILES string of the molecule is CC(C)(C)c1cc(-c2ccc([Si]34O[Si]5(C6CCCC6)O[Si]6(C7CCCC7)O[Si](C7CCCC7)(O3)O[Si]3(C7CCCC7)O[Si](C7CCCC7)(O4)O[Si](C4CCCC4)(O5)O[Si](C4CCCC4)(O6)O3)cc2)cc(C(C)(C)C)c1.CC(C)(C)c1cc(B2OC(C)(C)C(C)(C)O2)cc(C(C)(C)C)c1. The van der Waals surface area contributed by atoms with Crippen molar-refractivity contribution in [1.82, 2.24) is 0 Å². The Morgan fingerprint density at radius 3 is 0.724 bits per heavy atom. The first-order valence-corrected chi connectivity index (χ1v) is 53.7. The van der Waals surface area contributed by atoms with Crippen LogP contribution in [-0.2, 0) is 80.4 Å². The molecule has 0 spiro atoms. The highest BCUT2D eigenvalue weighted by molar-refractivity contribution is 7.06. The molecule has 0 amide bonds. The van der Waals surface area contributed by atoms with Crippen molar-refractivity contribution in [3.63, 3.8) is 0 Å². The summed E-state index contributed by atoms with van der Waals surface area (Å²) in [5.41, 5.74) is 8.40. The maximum Gasteiger partial charge on any atom is 0.515 e. The molecule has 14 fully saturated rings. The molecule has 3 aromatic carbocycles. The second-order valence-electron chi connectivity index (χ2n) is 37.7. The van der Waals surface area contributed by atoms with Crippen LogP contribution in [0.25, 0.3) is 11.1 Å². The van der Waals surface area contributed by atoms with Crippen LogP contribution in [0.4, 0.5) is 0 Å². The highest BCUT2D eigenvalue weighted by Gasteiger charge is 2.89. The normalized spacial score (nSPS) is 36.9. The van der Waals surface area contributed by atoms with Crippen LogP contribution in [-0.4, -0.2) is 88.8 Å². The molecule has 23 heteroatoms. The first-order chi connectivity index (χ1) is 46.1. The fourth-order valence-electron chi connectivity index (χ4n) is 18.9. The van der Waals surface area contributed by atoms with E-state index >= 15 is 0 Å². The van der Waals surface area contributed by atoms with Gasteiger partial charge in [-0.05, 0) is 178 Å². The number of hydrogen-bond acceptors (Lipinski definition) is 14. The van der Waals surface area contributed by atoms with Gasteiger partial charge >= 0.3 is 77.6 Å². The molecule has 0 aromatic heterocycles. The topological polar surface area (TPSA) is 129 Å². The molecule has 7 saturated heterocycles. The van der Waals surface area contributed by atoms with Gasteiger partial charge in [-0.1, -0.05) is 234 Å². The molecule has 540 valence electrons. The monoisotopic (exact) mass is 1480 g/mol. The van der Waals surface area contributed by atoms with Gasteiger partial charge in [0.05, 0.1) is 11.2 Å². The highest BCUT2D eigenvalue weighted by atomic mass is 28.6. The Labute approximate surface area is 599 Å². The highest BCUT2D eigenvalue weighted by Crippen LogP contribution is 2.66. The predicted octanol–water partition coefficient (Wildman–Crippen LogP) is 19.1. The number of hydrogen-bond donors (Lipinski definition) is 0. The van der Waals surface area contributed by atoms with Gasteiger partial charge < -0.3 is 58.7 Å². The zero-order valence-electron chi connectivity index (χ0n) is 62.9. The van der Waals surface area contributed by atoms with E-state index in [0.717, 1.165) is 196 Å². The van der Waals surface area contributed by atoms with E-state index in [1.54, 1.807) is 0 Å². The summed E-state index contributed by atoms with van der Waals surface area (Å²) in [6.45, 7) is 35.8. The van der Waals surface area contributed by atoms with Crippen LogP contribution in [0.3, 0.4) is 0 Å². The van der Waals surface area contributed by atoms with Crippen molar-refractivity contribution in [3.8, 4) is 11.1 Å². The second-order valence-corrected chi connectivity index (χ2v) is 63.3. The Morgan fingerprint density at radius 2 is 0.500 bits per heavy atom. The number of rotatable bonds is 10. The van der Waals surface area contributed by atoms with Crippen molar-refractivity contribution in [2.24, 2.45) is 0 Å². The van der Waals surface area contributed by atoms with Gasteiger partial charge in [-0.3, -0.25) is 0 Å². The first-order valence-electron chi connectivity index (χ1n) is 39.3. The standard InChI is InChI=1S/C55H88O12Si8.C20H33BO2/c1-54(2,3)44-39-43(40-45(41-44)55(4,5)6)42-35-37-53(38-36-42)75-65-72(50-29-15-16-30-50)59-69(47-23-9-10-24-47)56-68(46-21-7-8-22-46)57-70(61-72,48-25-11-12-26-48)63-74(67-75,52-33-19-20-34-52)64-71(58-68,49-27-13-14-28-49)62-73(60-69,66-75)51-31-17-18-32-51;1-17(2,3)14-11-15(18(4,5)6)13-16(12-14)21-22-19(7,8)20(9,10)23-21/h35-41,46-52H,7-34H2,1-6H3;11-13H,1-10H3. The molecule has 0 unspecified atom stereocenters. The average molecular weight is 1480 g/mol. The lowest BCUT2D eigenvalue weighted by Crippen LogP contribution is -2.91. The van der Waals surface area contributed by atoms with Crippen LogP contribution >= 0.6 is 0 Å². The Bertz CT molecular complexity index is 3120. The van der Waals surface area contributed by atoms with Crippen LogP contribution in [0.2, 0.25) is 38.8 Å². The third kappa shape index (κ3) is 13.1. The molecule has 14 nitrogen and oxygen atoms in total. The molecule has 0 N–H and O–H groups in total. The van der Waals surface area contributed by atoms with Gasteiger partial charge in [0.2, 0.25) is 0 Å². The second kappa shape index (κ2) is 25.8. The van der Waals surface area contributed by atoms with Gasteiger partial charge in [-0.2, -0.15) is 0 Å². The largest absolute Gasteiger partial charge is 0.515 e. The molecule has 7 aliphatic carbocycles. The molecular weight excluding hydrogens is 1360 g/mol. The summed E-state index contributed by atoms with van der Waals surface area (Å²) < 4.78 is 116. The first kappa shape index (κ1) is 72.5. The molecule has 14 aliphatic rings. The van der Waals surface area contributed by atoms with E-state index in [9.17, 15) is 0 Å². The Hall–Kier alpha value is -1.10. The quantitative estimate of drug-likeness (QED) is 0.179. The van der Waals surface area contributed by atoms with E-state index in [1.807, 2.05) is 0 Å². The minimum atomic E-state index is -4.37. The Morgan fingerprint density at radius 1 is 0.286 bits per heavy atom. The summed E-state index contributed by atoms with van der Waals surface area (Å²) in [5.74, 6) is 0. The van der Waals surface area contributed by atoms with Crippen molar-refractivity contribution in [1.29, 1.82) is 0 Å². The molecule has 98 heavy (non-hydrogen) atoms. The summed E-state index contributed by atoms with van der Waals surface area (Å²) in [7, 11) is -33.0.